The van der Waals surface area contributed by atoms with Gasteiger partial charge in [0.25, 0.3) is 5.91 Å². The van der Waals surface area contributed by atoms with Gasteiger partial charge in [0.15, 0.2) is 5.11 Å². The van der Waals surface area contributed by atoms with Crippen LogP contribution in [-0.2, 0) is 4.79 Å². The second-order valence-corrected chi connectivity index (χ2v) is 7.97. The predicted molar refractivity (Wildman–Crippen MR) is 128 cm³/mol. The largest absolute Gasteiger partial charge is 0.494 e. The topological polar surface area (TPSA) is 45.9 Å². The Morgan fingerprint density at radius 2 is 1.84 bits per heavy atom. The average Bonchev–Trinajstić information content (AvgIpc) is 3.28. The molecule has 1 aromatic heterocycles. The molecule has 2 aromatic carbocycles. The molecule has 1 fully saturated rings. The Morgan fingerprint density at radius 1 is 1.10 bits per heavy atom. The van der Waals surface area contributed by atoms with Gasteiger partial charge in [0.05, 0.1) is 17.3 Å². The molecule has 0 saturated carbocycles. The molecule has 0 unspecified atom stereocenters. The summed E-state index contributed by atoms with van der Waals surface area (Å²) in [5.74, 6) is 1.58. The number of carbonyl (C=O) groups is 1. The Balaban J connectivity index is 1.62. The van der Waals surface area contributed by atoms with Gasteiger partial charge in [-0.15, -0.1) is 0 Å². The molecule has 0 N–H and O–H groups in total. The molecule has 2 heterocycles. The van der Waals surface area contributed by atoms with E-state index < -0.39 is 0 Å². The summed E-state index contributed by atoms with van der Waals surface area (Å²) in [5.41, 5.74) is 1.79. The summed E-state index contributed by atoms with van der Waals surface area (Å²) in [6.45, 7) is 2.49. The van der Waals surface area contributed by atoms with Crippen LogP contribution >= 0.6 is 35.4 Å². The minimum absolute atomic E-state index is 0.237. The molecule has 158 valence electrons. The first-order valence-corrected chi connectivity index (χ1v) is 10.7. The van der Waals surface area contributed by atoms with Crippen molar-refractivity contribution in [3.63, 3.8) is 0 Å². The molecule has 3 aromatic rings. The third kappa shape index (κ3) is 4.19. The molecule has 31 heavy (non-hydrogen) atoms. The third-order valence-electron chi connectivity index (χ3n) is 4.77. The molecule has 5 nitrogen and oxygen atoms in total. The molecule has 1 aliphatic heterocycles. The minimum atomic E-state index is -0.237. The number of anilines is 1. The van der Waals surface area contributed by atoms with Crippen molar-refractivity contribution >= 4 is 58.2 Å². The molecule has 4 rings (SSSR count). The number of halogens is 2. The summed E-state index contributed by atoms with van der Waals surface area (Å²) in [5, 5.41) is 1.41. The zero-order valence-electron chi connectivity index (χ0n) is 16.8. The number of ether oxygens (including phenoxy) is 1. The molecule has 0 atom stereocenters. The summed E-state index contributed by atoms with van der Waals surface area (Å²) >= 11 is 17.7. The van der Waals surface area contributed by atoms with E-state index in [0.29, 0.717) is 50.2 Å². The summed E-state index contributed by atoms with van der Waals surface area (Å²) in [7, 11) is 1.75. The highest BCUT2D eigenvalue weighted by atomic mass is 35.5. The molecular formula is C23H18Cl2N2O3S. The van der Waals surface area contributed by atoms with Crippen LogP contribution in [0.25, 0.3) is 17.4 Å². The van der Waals surface area contributed by atoms with Gasteiger partial charge in [-0.25, -0.2) is 0 Å². The van der Waals surface area contributed by atoms with Crippen molar-refractivity contribution in [2.24, 2.45) is 0 Å². The number of hydrogen-bond acceptors (Lipinski definition) is 4. The van der Waals surface area contributed by atoms with Gasteiger partial charge in [-0.3, -0.25) is 9.69 Å². The third-order valence-corrected chi connectivity index (χ3v) is 5.77. The second-order valence-electron chi connectivity index (χ2n) is 6.76. The van der Waals surface area contributed by atoms with Crippen LogP contribution in [0.3, 0.4) is 0 Å². The fourth-order valence-electron chi connectivity index (χ4n) is 3.24. The van der Waals surface area contributed by atoms with E-state index in [1.54, 1.807) is 60.5 Å². The maximum absolute atomic E-state index is 13.1. The first-order chi connectivity index (χ1) is 14.9. The lowest BCUT2D eigenvalue weighted by molar-refractivity contribution is -0.114. The number of benzene rings is 2. The van der Waals surface area contributed by atoms with Crippen LogP contribution < -0.4 is 9.64 Å². The summed E-state index contributed by atoms with van der Waals surface area (Å²) in [4.78, 5) is 16.3. The van der Waals surface area contributed by atoms with Crippen LogP contribution in [0, 0.1) is 0 Å². The molecule has 0 radical (unpaired) electrons. The predicted octanol–water partition coefficient (Wildman–Crippen LogP) is 6.26. The van der Waals surface area contributed by atoms with Gasteiger partial charge >= 0.3 is 0 Å². The fraction of sp³-hybridized carbons (Fsp3) is 0.130. The lowest BCUT2D eigenvalue weighted by Crippen LogP contribution is -2.31. The van der Waals surface area contributed by atoms with Crippen LogP contribution in [0.2, 0.25) is 10.0 Å². The maximum Gasteiger partial charge on any atom is 0.281 e. The molecular weight excluding hydrogens is 455 g/mol. The first-order valence-electron chi connectivity index (χ1n) is 9.51. The standard InChI is InChI=1S/C23H18Cl2N2O3S/c1-3-29-16-7-5-15(6-8-16)27-22(28)20(26(2)23(27)31)13-17-9-11-21(30-17)18-10-4-14(24)12-19(18)25/h4-13H,3H2,1-2H3/b20-13-. The van der Waals surface area contributed by atoms with Crippen LogP contribution in [-0.4, -0.2) is 29.6 Å². The van der Waals surface area contributed by atoms with Gasteiger partial charge in [0.1, 0.15) is 23.0 Å². The van der Waals surface area contributed by atoms with Crippen LogP contribution in [0.15, 0.2) is 64.7 Å². The maximum atomic E-state index is 13.1. The van der Waals surface area contributed by atoms with E-state index in [1.165, 1.54) is 4.90 Å². The fourth-order valence-corrected chi connectivity index (χ4v) is 4.03. The smallest absolute Gasteiger partial charge is 0.281 e. The number of rotatable bonds is 5. The summed E-state index contributed by atoms with van der Waals surface area (Å²) in [6, 6.07) is 16.0. The van der Waals surface area contributed by atoms with Crippen molar-refractivity contribution in [2.75, 3.05) is 18.6 Å². The van der Waals surface area contributed by atoms with E-state index in [-0.39, 0.29) is 5.91 Å². The zero-order valence-corrected chi connectivity index (χ0v) is 19.1. The Hall–Kier alpha value is -2.80. The van der Waals surface area contributed by atoms with Gasteiger partial charge in [-0.2, -0.15) is 0 Å². The van der Waals surface area contributed by atoms with E-state index in [2.05, 4.69) is 0 Å². The molecule has 1 saturated heterocycles. The number of thiocarbonyl (C=S) groups is 1. The zero-order chi connectivity index (χ0) is 22.1. The van der Waals surface area contributed by atoms with Gasteiger partial charge in [0.2, 0.25) is 0 Å². The van der Waals surface area contributed by atoms with E-state index in [0.717, 1.165) is 5.75 Å². The Morgan fingerprint density at radius 3 is 2.52 bits per heavy atom. The SMILES string of the molecule is CCOc1ccc(N2C(=O)/C(=C/c3ccc(-c4ccc(Cl)cc4Cl)o3)N(C)C2=S)cc1. The summed E-state index contributed by atoms with van der Waals surface area (Å²) < 4.78 is 11.4. The Labute approximate surface area is 195 Å². The van der Waals surface area contributed by atoms with Gasteiger partial charge in [0, 0.05) is 23.7 Å². The quantitative estimate of drug-likeness (QED) is 0.324. The molecule has 0 aliphatic carbocycles. The van der Waals surface area contributed by atoms with Gasteiger partial charge < -0.3 is 14.1 Å². The van der Waals surface area contributed by atoms with Crippen LogP contribution in [0.1, 0.15) is 12.7 Å². The number of nitrogens with zero attached hydrogens (tertiary/aromatic N) is 2. The van der Waals surface area contributed by atoms with Crippen molar-refractivity contribution in [3.8, 4) is 17.1 Å². The highest BCUT2D eigenvalue weighted by Crippen LogP contribution is 2.33. The van der Waals surface area contributed by atoms with Crippen LogP contribution in [0.4, 0.5) is 5.69 Å². The second kappa shape index (κ2) is 8.75. The lowest BCUT2D eigenvalue weighted by atomic mass is 10.2. The lowest BCUT2D eigenvalue weighted by Gasteiger charge is -2.16. The number of amides is 1. The van der Waals surface area contributed by atoms with Crippen molar-refractivity contribution in [2.45, 2.75) is 6.92 Å². The highest BCUT2D eigenvalue weighted by molar-refractivity contribution is 7.80. The molecule has 1 aliphatic rings. The molecule has 0 bridgehead atoms. The number of hydrogen-bond donors (Lipinski definition) is 0. The van der Waals surface area contributed by atoms with Crippen molar-refractivity contribution in [1.82, 2.24) is 4.90 Å². The monoisotopic (exact) mass is 472 g/mol. The first kappa shape index (κ1) is 21.4. The van der Waals surface area contributed by atoms with E-state index in [4.69, 9.17) is 44.6 Å². The van der Waals surface area contributed by atoms with E-state index in [9.17, 15) is 4.79 Å². The molecule has 0 spiro atoms. The number of furan rings is 1. The molecule has 1 amide bonds. The molecule has 8 heteroatoms. The Bertz CT molecular complexity index is 1190. The van der Waals surface area contributed by atoms with Crippen molar-refractivity contribution in [3.05, 3.63) is 76.1 Å². The summed E-state index contributed by atoms with van der Waals surface area (Å²) in [6.07, 6.45) is 1.66. The van der Waals surface area contributed by atoms with E-state index in [1.807, 2.05) is 19.1 Å². The number of carbonyl (C=O) groups excluding carboxylic acids is 1. The van der Waals surface area contributed by atoms with Crippen LogP contribution in [0.5, 0.6) is 5.75 Å². The van der Waals surface area contributed by atoms with Crippen molar-refractivity contribution < 1.29 is 13.9 Å². The Kier molecular flexibility index (Phi) is 6.05. The van der Waals surface area contributed by atoms with E-state index >= 15 is 0 Å². The normalized spacial score (nSPS) is 15.3. The van der Waals surface area contributed by atoms with Crippen molar-refractivity contribution in [1.29, 1.82) is 0 Å². The number of likely N-dealkylation sites (N-methyl/N-ethyl adjacent to an activating group) is 1. The minimum Gasteiger partial charge on any atom is -0.494 e. The van der Waals surface area contributed by atoms with Gasteiger partial charge in [-0.05, 0) is 73.7 Å². The highest BCUT2D eigenvalue weighted by Gasteiger charge is 2.37. The van der Waals surface area contributed by atoms with Gasteiger partial charge in [-0.1, -0.05) is 23.2 Å². The average molecular weight is 473 g/mol.